The minimum Gasteiger partial charge on any atom is -0.462 e. The van der Waals surface area contributed by atoms with Gasteiger partial charge in [0.15, 0.2) is 21.6 Å². The number of carbonyl (C=O) groups excluding carboxylic acids is 2. The number of rotatable bonds is 8. The molecule has 0 saturated heterocycles. The van der Waals surface area contributed by atoms with Crippen molar-refractivity contribution in [2.45, 2.75) is 20.3 Å². The van der Waals surface area contributed by atoms with E-state index in [0.717, 1.165) is 5.56 Å². The summed E-state index contributed by atoms with van der Waals surface area (Å²) in [7, 11) is 0. The van der Waals surface area contributed by atoms with Crippen LogP contribution in [0.4, 0.5) is 5.13 Å². The van der Waals surface area contributed by atoms with Crippen LogP contribution in [0.5, 0.6) is 0 Å². The summed E-state index contributed by atoms with van der Waals surface area (Å²) in [5.41, 5.74) is 1.64. The number of furan rings is 1. The first-order chi connectivity index (χ1) is 15.6. The standard InChI is InChI=1S/C23H21N3O4S2/c1-3-29-22(28)19-15(2)32-23(25-19)26(12-11-16-8-5-4-6-9-16)21(27)17-14-31-20(24-17)18-10-7-13-30-18/h4-10,13-14H,3,11-12H2,1-2H3. The number of thiazole rings is 2. The molecule has 0 N–H and O–H groups in total. The minimum atomic E-state index is -0.489. The second-order valence-electron chi connectivity index (χ2n) is 6.83. The second kappa shape index (κ2) is 9.88. The van der Waals surface area contributed by atoms with Gasteiger partial charge in [-0.3, -0.25) is 9.69 Å². The average Bonchev–Trinajstić information content (AvgIpc) is 3.55. The van der Waals surface area contributed by atoms with E-state index in [-0.39, 0.29) is 18.2 Å². The van der Waals surface area contributed by atoms with Crippen LogP contribution in [0.15, 0.2) is 58.5 Å². The highest BCUT2D eigenvalue weighted by Gasteiger charge is 2.26. The first-order valence-electron chi connectivity index (χ1n) is 10.1. The van der Waals surface area contributed by atoms with Crippen LogP contribution in [-0.2, 0) is 11.2 Å². The number of aromatic nitrogens is 2. The molecule has 0 spiro atoms. The summed E-state index contributed by atoms with van der Waals surface area (Å²) in [6, 6.07) is 13.5. The van der Waals surface area contributed by atoms with Crippen LogP contribution in [0.2, 0.25) is 0 Å². The van der Waals surface area contributed by atoms with E-state index in [4.69, 9.17) is 9.15 Å². The SMILES string of the molecule is CCOC(=O)c1nc(N(CCc2ccccc2)C(=O)c2csc(-c3ccco3)n2)sc1C. The molecular weight excluding hydrogens is 446 g/mol. The monoisotopic (exact) mass is 467 g/mol. The molecule has 0 aliphatic carbocycles. The maximum absolute atomic E-state index is 13.5. The first kappa shape index (κ1) is 21.9. The molecule has 4 aromatic rings. The molecule has 0 aliphatic rings. The van der Waals surface area contributed by atoms with E-state index in [0.29, 0.717) is 39.4 Å². The molecule has 32 heavy (non-hydrogen) atoms. The Morgan fingerprint density at radius 1 is 1.12 bits per heavy atom. The van der Waals surface area contributed by atoms with Gasteiger partial charge in [0.1, 0.15) is 5.69 Å². The number of hydrogen-bond donors (Lipinski definition) is 0. The van der Waals surface area contributed by atoms with Gasteiger partial charge in [0.05, 0.1) is 12.9 Å². The largest absolute Gasteiger partial charge is 0.462 e. The van der Waals surface area contributed by atoms with Gasteiger partial charge in [0, 0.05) is 16.8 Å². The van der Waals surface area contributed by atoms with Gasteiger partial charge in [-0.15, -0.1) is 22.7 Å². The summed E-state index contributed by atoms with van der Waals surface area (Å²) < 4.78 is 10.5. The van der Waals surface area contributed by atoms with Gasteiger partial charge in [-0.25, -0.2) is 14.8 Å². The Hall–Kier alpha value is -3.30. The quantitative estimate of drug-likeness (QED) is 0.330. The number of carbonyl (C=O) groups is 2. The van der Waals surface area contributed by atoms with Crippen LogP contribution in [0.3, 0.4) is 0 Å². The van der Waals surface area contributed by atoms with Crippen LogP contribution in [-0.4, -0.2) is 35.0 Å². The van der Waals surface area contributed by atoms with Gasteiger partial charge < -0.3 is 9.15 Å². The normalized spacial score (nSPS) is 10.8. The Bertz CT molecular complexity index is 1200. The number of anilines is 1. The Morgan fingerprint density at radius 3 is 2.66 bits per heavy atom. The Balaban J connectivity index is 1.64. The second-order valence-corrected chi connectivity index (χ2v) is 8.87. The maximum Gasteiger partial charge on any atom is 0.358 e. The highest BCUT2D eigenvalue weighted by atomic mass is 32.1. The van der Waals surface area contributed by atoms with Crippen LogP contribution in [0, 0.1) is 6.92 Å². The van der Waals surface area contributed by atoms with Gasteiger partial charge in [-0.2, -0.15) is 0 Å². The topological polar surface area (TPSA) is 85.5 Å². The number of nitrogens with zero attached hydrogens (tertiary/aromatic N) is 3. The first-order valence-corrected chi connectivity index (χ1v) is 11.8. The predicted octanol–water partition coefficient (Wildman–Crippen LogP) is 5.23. The van der Waals surface area contributed by atoms with Crippen molar-refractivity contribution >= 4 is 39.7 Å². The van der Waals surface area contributed by atoms with Crippen LogP contribution in [0.25, 0.3) is 10.8 Å². The molecular formula is C23H21N3O4S2. The van der Waals surface area contributed by atoms with E-state index < -0.39 is 5.97 Å². The summed E-state index contributed by atoms with van der Waals surface area (Å²) in [6.45, 7) is 4.20. The van der Waals surface area contributed by atoms with Crippen molar-refractivity contribution in [3.8, 4) is 10.8 Å². The third-order valence-corrected chi connectivity index (χ3v) is 6.50. The zero-order valence-corrected chi connectivity index (χ0v) is 19.2. The van der Waals surface area contributed by atoms with Crippen molar-refractivity contribution in [1.29, 1.82) is 0 Å². The number of esters is 1. The lowest BCUT2D eigenvalue weighted by Crippen LogP contribution is -2.33. The lowest BCUT2D eigenvalue weighted by atomic mass is 10.1. The molecule has 9 heteroatoms. The van der Waals surface area contributed by atoms with Crippen molar-refractivity contribution in [1.82, 2.24) is 9.97 Å². The Labute approximate surface area is 193 Å². The van der Waals surface area contributed by atoms with E-state index in [1.54, 1.807) is 42.5 Å². The molecule has 1 amide bonds. The minimum absolute atomic E-state index is 0.235. The number of amides is 1. The molecule has 0 saturated carbocycles. The number of aryl methyl sites for hydroxylation is 1. The van der Waals surface area contributed by atoms with Gasteiger partial charge in [0.25, 0.3) is 5.91 Å². The molecule has 1 aromatic carbocycles. The van der Waals surface area contributed by atoms with Crippen molar-refractivity contribution in [3.63, 3.8) is 0 Å². The maximum atomic E-state index is 13.5. The molecule has 0 aliphatic heterocycles. The van der Waals surface area contributed by atoms with Gasteiger partial charge in [0.2, 0.25) is 0 Å². The van der Waals surface area contributed by atoms with Gasteiger partial charge in [-0.1, -0.05) is 30.3 Å². The summed E-state index contributed by atoms with van der Waals surface area (Å²) in [5, 5.41) is 2.78. The molecule has 0 bridgehead atoms. The summed E-state index contributed by atoms with van der Waals surface area (Å²) in [4.78, 5) is 36.9. The van der Waals surface area contributed by atoms with Crippen molar-refractivity contribution in [2.24, 2.45) is 0 Å². The molecule has 0 unspecified atom stereocenters. The molecule has 3 aromatic heterocycles. The van der Waals surface area contributed by atoms with Gasteiger partial charge in [-0.05, 0) is 38.0 Å². The fourth-order valence-corrected chi connectivity index (χ4v) is 4.76. The molecule has 164 valence electrons. The van der Waals surface area contributed by atoms with Crippen LogP contribution in [0.1, 0.15) is 38.3 Å². The number of benzene rings is 1. The lowest BCUT2D eigenvalue weighted by Gasteiger charge is -2.19. The van der Waals surface area contributed by atoms with Gasteiger partial charge >= 0.3 is 5.97 Å². The molecule has 4 rings (SSSR count). The van der Waals surface area contributed by atoms with Crippen molar-refractivity contribution in [3.05, 3.63) is 75.9 Å². The fraction of sp³-hybridized carbons (Fsp3) is 0.217. The summed E-state index contributed by atoms with van der Waals surface area (Å²) in [6.07, 6.45) is 2.20. The number of ether oxygens (including phenoxy) is 1. The smallest absolute Gasteiger partial charge is 0.358 e. The summed E-state index contributed by atoms with van der Waals surface area (Å²) >= 11 is 2.63. The van der Waals surface area contributed by atoms with Crippen LogP contribution < -0.4 is 4.90 Å². The fourth-order valence-electron chi connectivity index (χ4n) is 3.08. The van der Waals surface area contributed by atoms with Crippen molar-refractivity contribution < 1.29 is 18.7 Å². The molecule has 0 radical (unpaired) electrons. The van der Waals surface area contributed by atoms with E-state index >= 15 is 0 Å². The highest BCUT2D eigenvalue weighted by molar-refractivity contribution is 7.16. The third kappa shape index (κ3) is 4.79. The Morgan fingerprint density at radius 2 is 1.94 bits per heavy atom. The van der Waals surface area contributed by atoms with E-state index in [9.17, 15) is 9.59 Å². The third-order valence-electron chi connectivity index (χ3n) is 4.65. The van der Waals surface area contributed by atoms with E-state index in [1.807, 2.05) is 30.3 Å². The highest BCUT2D eigenvalue weighted by Crippen LogP contribution is 2.30. The molecule has 0 fully saturated rings. The van der Waals surface area contributed by atoms with Crippen molar-refractivity contribution in [2.75, 3.05) is 18.1 Å². The Kier molecular flexibility index (Phi) is 6.77. The zero-order valence-electron chi connectivity index (χ0n) is 17.6. The molecule has 3 heterocycles. The van der Waals surface area contributed by atoms with E-state index in [2.05, 4.69) is 9.97 Å². The predicted molar refractivity (Wildman–Crippen MR) is 124 cm³/mol. The average molecular weight is 468 g/mol. The summed E-state index contributed by atoms with van der Waals surface area (Å²) in [5.74, 6) is -0.157. The molecule has 7 nitrogen and oxygen atoms in total. The van der Waals surface area contributed by atoms with E-state index in [1.165, 1.54) is 22.7 Å². The van der Waals surface area contributed by atoms with Crippen LogP contribution >= 0.6 is 22.7 Å². The molecule has 0 atom stereocenters. The lowest BCUT2D eigenvalue weighted by molar-refractivity contribution is 0.0519. The number of hydrogen-bond acceptors (Lipinski definition) is 8. The zero-order chi connectivity index (χ0) is 22.5.